The molecule has 1 atom stereocenters. The standard InChI is InChI=1S/C12H8BrF3O4/c1-5-2-7(13)3-6-4-8(19-11(17)18)10(12(14,15)16)20-9(5)6/h2-4,10H,1H3,(H,17,18)/i1D3. The molecule has 108 valence electrons. The molecule has 0 aliphatic carbocycles. The Kier molecular flexibility index (Phi) is 2.76. The van der Waals surface area contributed by atoms with Gasteiger partial charge >= 0.3 is 12.3 Å². The van der Waals surface area contributed by atoms with Crippen molar-refractivity contribution in [2.24, 2.45) is 0 Å². The monoisotopic (exact) mass is 355 g/mol. The fraction of sp³-hybridized carbons (Fsp3) is 0.250. The summed E-state index contributed by atoms with van der Waals surface area (Å²) in [6, 6.07) is 2.42. The third-order valence-electron chi connectivity index (χ3n) is 2.38. The van der Waals surface area contributed by atoms with Crippen LogP contribution < -0.4 is 4.74 Å². The molecule has 0 saturated carbocycles. The second-order valence-electron chi connectivity index (χ2n) is 3.83. The van der Waals surface area contributed by atoms with Gasteiger partial charge in [-0.15, -0.1) is 0 Å². The van der Waals surface area contributed by atoms with Gasteiger partial charge in [0.05, 0.1) is 0 Å². The van der Waals surface area contributed by atoms with Crippen molar-refractivity contribution in [2.75, 3.05) is 0 Å². The fourth-order valence-corrected chi connectivity index (χ4v) is 2.15. The summed E-state index contributed by atoms with van der Waals surface area (Å²) in [7, 11) is 0. The number of aryl methyl sites for hydroxylation is 1. The van der Waals surface area contributed by atoms with Gasteiger partial charge in [-0.3, -0.25) is 0 Å². The first-order chi connectivity index (χ1) is 10.4. The van der Waals surface area contributed by atoms with Crippen LogP contribution in [0.15, 0.2) is 22.4 Å². The van der Waals surface area contributed by atoms with Gasteiger partial charge in [-0.25, -0.2) is 4.79 Å². The molecule has 0 radical (unpaired) electrons. The largest absolute Gasteiger partial charge is 0.511 e. The van der Waals surface area contributed by atoms with Crippen molar-refractivity contribution in [3.8, 4) is 5.75 Å². The van der Waals surface area contributed by atoms with Crippen molar-refractivity contribution in [3.05, 3.63) is 33.5 Å². The van der Waals surface area contributed by atoms with E-state index in [2.05, 4.69) is 20.7 Å². The molecule has 1 aliphatic heterocycles. The molecule has 1 aromatic carbocycles. The van der Waals surface area contributed by atoms with Crippen LogP contribution in [0.4, 0.5) is 18.0 Å². The van der Waals surface area contributed by atoms with Gasteiger partial charge in [0.25, 0.3) is 6.10 Å². The average Bonchev–Trinajstić information content (AvgIpc) is 2.33. The van der Waals surface area contributed by atoms with Gasteiger partial charge in [-0.2, -0.15) is 13.2 Å². The van der Waals surface area contributed by atoms with E-state index in [4.69, 9.17) is 14.0 Å². The lowest BCUT2D eigenvalue weighted by Gasteiger charge is -2.28. The number of ether oxygens (including phenoxy) is 2. The Hall–Kier alpha value is -1.70. The Labute approximate surface area is 124 Å². The van der Waals surface area contributed by atoms with Crippen LogP contribution in [0.2, 0.25) is 0 Å². The smallest absolute Gasteiger partial charge is 0.472 e. The van der Waals surface area contributed by atoms with Crippen LogP contribution in [0.5, 0.6) is 5.75 Å². The van der Waals surface area contributed by atoms with Crippen molar-refractivity contribution in [1.82, 2.24) is 0 Å². The Morgan fingerprint density at radius 3 is 2.80 bits per heavy atom. The topological polar surface area (TPSA) is 55.8 Å². The molecule has 0 aromatic heterocycles. The highest BCUT2D eigenvalue weighted by Gasteiger charge is 2.48. The summed E-state index contributed by atoms with van der Waals surface area (Å²) in [5, 5.41) is 8.55. The van der Waals surface area contributed by atoms with E-state index >= 15 is 0 Å². The molecule has 0 amide bonds. The summed E-state index contributed by atoms with van der Waals surface area (Å²) >= 11 is 3.04. The van der Waals surface area contributed by atoms with Crippen LogP contribution in [0, 0.1) is 6.85 Å². The van der Waals surface area contributed by atoms with Crippen molar-refractivity contribution in [2.45, 2.75) is 19.1 Å². The second-order valence-corrected chi connectivity index (χ2v) is 4.74. The summed E-state index contributed by atoms with van der Waals surface area (Å²) in [5.41, 5.74) is -0.469. The minimum atomic E-state index is -4.99. The summed E-state index contributed by atoms with van der Waals surface area (Å²) in [4.78, 5) is 10.6. The van der Waals surface area contributed by atoms with E-state index < -0.39 is 42.4 Å². The van der Waals surface area contributed by atoms with E-state index in [9.17, 15) is 18.0 Å². The normalized spacial score (nSPS) is 20.7. The highest BCUT2D eigenvalue weighted by atomic mass is 79.9. The van der Waals surface area contributed by atoms with E-state index in [1.54, 1.807) is 0 Å². The number of fused-ring (bicyclic) bond motifs is 1. The quantitative estimate of drug-likeness (QED) is 0.770. The number of benzene rings is 1. The maximum atomic E-state index is 13.1. The Balaban J connectivity index is 2.65. The summed E-state index contributed by atoms with van der Waals surface area (Å²) in [6.45, 7) is -2.72. The molecule has 0 saturated heterocycles. The zero-order chi connectivity index (χ0) is 17.6. The Bertz CT molecular complexity index is 685. The van der Waals surface area contributed by atoms with Crippen LogP contribution >= 0.6 is 15.9 Å². The van der Waals surface area contributed by atoms with Gasteiger partial charge in [0.2, 0.25) is 0 Å². The number of rotatable bonds is 1. The summed E-state index contributed by atoms with van der Waals surface area (Å²) in [6.07, 6.45) is -8.85. The molecule has 0 fully saturated rings. The lowest BCUT2D eigenvalue weighted by molar-refractivity contribution is -0.191. The van der Waals surface area contributed by atoms with Crippen LogP contribution in [0.3, 0.4) is 0 Å². The fourth-order valence-electron chi connectivity index (χ4n) is 1.67. The van der Waals surface area contributed by atoms with Crippen LogP contribution in [0.25, 0.3) is 6.08 Å². The van der Waals surface area contributed by atoms with Crippen LogP contribution in [-0.2, 0) is 4.74 Å². The molecule has 1 aromatic rings. The Morgan fingerprint density at radius 1 is 1.55 bits per heavy atom. The first-order valence-electron chi connectivity index (χ1n) is 6.59. The molecule has 0 bridgehead atoms. The highest BCUT2D eigenvalue weighted by Crippen LogP contribution is 2.40. The summed E-state index contributed by atoms with van der Waals surface area (Å²) < 4.78 is 70.5. The lowest BCUT2D eigenvalue weighted by Crippen LogP contribution is -2.39. The number of halogens is 4. The van der Waals surface area contributed by atoms with Gasteiger partial charge in [0.15, 0.2) is 5.76 Å². The molecule has 20 heavy (non-hydrogen) atoms. The zero-order valence-corrected chi connectivity index (χ0v) is 11.1. The molecular formula is C12H8BrF3O4. The third kappa shape index (κ3) is 2.90. The van der Waals surface area contributed by atoms with E-state index in [0.717, 1.165) is 12.1 Å². The molecule has 4 nitrogen and oxygen atoms in total. The van der Waals surface area contributed by atoms with Gasteiger partial charge in [-0.1, -0.05) is 15.9 Å². The first kappa shape index (κ1) is 11.0. The molecule has 1 aliphatic rings. The predicted molar refractivity (Wildman–Crippen MR) is 66.4 cm³/mol. The molecule has 1 unspecified atom stereocenters. The summed E-state index contributed by atoms with van der Waals surface area (Å²) in [5.74, 6) is -1.49. The maximum absolute atomic E-state index is 13.1. The second kappa shape index (κ2) is 5.01. The van der Waals surface area contributed by atoms with Gasteiger partial charge in [0.1, 0.15) is 5.75 Å². The molecular weight excluding hydrogens is 345 g/mol. The van der Waals surface area contributed by atoms with Crippen molar-refractivity contribution in [3.63, 3.8) is 0 Å². The SMILES string of the molecule is [2H]C([2H])([2H])c1cc(Br)cc2c1OC(C(F)(F)F)C(OC(=O)O)=C2. The minimum absolute atomic E-state index is 0.0396. The van der Waals surface area contributed by atoms with Crippen molar-refractivity contribution < 1.29 is 36.7 Å². The number of carboxylic acid groups (broad SMARTS) is 1. The average molecular weight is 356 g/mol. The lowest BCUT2D eigenvalue weighted by atomic mass is 10.0. The Morgan fingerprint density at radius 2 is 2.25 bits per heavy atom. The van der Waals surface area contributed by atoms with Crippen molar-refractivity contribution in [1.29, 1.82) is 0 Å². The van der Waals surface area contributed by atoms with E-state index in [-0.39, 0.29) is 10.0 Å². The van der Waals surface area contributed by atoms with E-state index in [0.29, 0.717) is 0 Å². The minimum Gasteiger partial charge on any atom is -0.472 e. The van der Waals surface area contributed by atoms with Gasteiger partial charge in [0, 0.05) is 14.1 Å². The first-order valence-corrected chi connectivity index (χ1v) is 5.88. The van der Waals surface area contributed by atoms with Gasteiger partial charge in [-0.05, 0) is 30.6 Å². The van der Waals surface area contributed by atoms with E-state index in [1.807, 2.05) is 0 Å². The highest BCUT2D eigenvalue weighted by molar-refractivity contribution is 9.10. The van der Waals surface area contributed by atoms with E-state index in [1.165, 1.54) is 6.07 Å². The van der Waals surface area contributed by atoms with Crippen LogP contribution in [0.1, 0.15) is 15.2 Å². The number of carbonyl (C=O) groups is 1. The number of alkyl halides is 3. The number of hydrogen-bond donors (Lipinski definition) is 1. The van der Waals surface area contributed by atoms with Crippen molar-refractivity contribution >= 4 is 28.2 Å². The number of hydrogen-bond acceptors (Lipinski definition) is 3. The molecule has 0 spiro atoms. The van der Waals surface area contributed by atoms with Gasteiger partial charge < -0.3 is 14.6 Å². The molecule has 2 rings (SSSR count). The third-order valence-corrected chi connectivity index (χ3v) is 2.83. The maximum Gasteiger partial charge on any atom is 0.511 e. The molecule has 8 heteroatoms. The molecule has 1 N–H and O–H groups in total. The zero-order valence-electron chi connectivity index (χ0n) is 12.5. The van der Waals surface area contributed by atoms with Crippen LogP contribution in [-0.4, -0.2) is 23.5 Å². The molecule has 1 heterocycles. The predicted octanol–water partition coefficient (Wildman–Crippen LogP) is 4.12.